The van der Waals surface area contributed by atoms with Crippen molar-refractivity contribution in [1.29, 1.82) is 0 Å². The van der Waals surface area contributed by atoms with Crippen molar-refractivity contribution in [3.63, 3.8) is 0 Å². The number of rotatable bonds is 8. The summed E-state index contributed by atoms with van der Waals surface area (Å²) in [5.41, 5.74) is 3.00. The molecule has 1 atom stereocenters. The third-order valence-corrected chi connectivity index (χ3v) is 6.27. The van der Waals surface area contributed by atoms with E-state index < -0.39 is 0 Å². The largest absolute Gasteiger partial charge is 0.484 e. The molecule has 2 heterocycles. The minimum absolute atomic E-state index is 0.0363. The van der Waals surface area contributed by atoms with E-state index in [4.69, 9.17) is 9.47 Å². The Morgan fingerprint density at radius 1 is 1.03 bits per heavy atom. The lowest BCUT2D eigenvalue weighted by Gasteiger charge is -2.26. The minimum atomic E-state index is -0.385. The Balaban J connectivity index is 1.26. The van der Waals surface area contributed by atoms with Gasteiger partial charge in [-0.2, -0.15) is 0 Å². The molecule has 0 radical (unpaired) electrons. The normalized spacial score (nSPS) is 18.1. The van der Waals surface area contributed by atoms with Crippen LogP contribution in [0.4, 0.5) is 5.69 Å². The van der Waals surface area contributed by atoms with Gasteiger partial charge in [0.1, 0.15) is 5.75 Å². The number of aryl methyl sites for hydroxylation is 1. The number of carbonyl (C=O) groups excluding carboxylic acids is 3. The second kappa shape index (κ2) is 11.2. The van der Waals surface area contributed by atoms with E-state index in [1.807, 2.05) is 12.1 Å². The maximum absolute atomic E-state index is 12.6. The zero-order valence-electron chi connectivity index (χ0n) is 19.5. The van der Waals surface area contributed by atoms with Crippen LogP contribution in [-0.4, -0.2) is 62.1 Å². The van der Waals surface area contributed by atoms with Crippen molar-refractivity contribution < 1.29 is 23.9 Å². The monoisotopic (exact) mass is 465 g/mol. The SMILES string of the molecule is CCc1ccc(CNC(=O)[C@@H]2CC(=O)N(c3ccc(OCC(=O)N4CCOCC4)cc3)C2)cc1. The van der Waals surface area contributed by atoms with Crippen LogP contribution in [0, 0.1) is 5.92 Å². The smallest absolute Gasteiger partial charge is 0.260 e. The van der Waals surface area contributed by atoms with Crippen LogP contribution in [0.3, 0.4) is 0 Å². The van der Waals surface area contributed by atoms with Gasteiger partial charge in [0.25, 0.3) is 5.91 Å². The molecule has 0 unspecified atom stereocenters. The van der Waals surface area contributed by atoms with Crippen molar-refractivity contribution in [2.24, 2.45) is 5.92 Å². The molecule has 2 saturated heterocycles. The first kappa shape index (κ1) is 23.8. The molecular formula is C26H31N3O5. The number of hydrogen-bond acceptors (Lipinski definition) is 5. The molecule has 4 rings (SSSR count). The third-order valence-electron chi connectivity index (χ3n) is 6.27. The van der Waals surface area contributed by atoms with E-state index in [0.29, 0.717) is 50.8 Å². The lowest BCUT2D eigenvalue weighted by Crippen LogP contribution is -2.42. The van der Waals surface area contributed by atoms with Crippen LogP contribution in [0.25, 0.3) is 0 Å². The fraction of sp³-hybridized carbons (Fsp3) is 0.423. The fourth-order valence-electron chi connectivity index (χ4n) is 4.13. The Hall–Kier alpha value is -3.39. The fourth-order valence-corrected chi connectivity index (χ4v) is 4.13. The molecule has 1 N–H and O–H groups in total. The van der Waals surface area contributed by atoms with Crippen molar-refractivity contribution >= 4 is 23.4 Å². The summed E-state index contributed by atoms with van der Waals surface area (Å²) < 4.78 is 10.9. The van der Waals surface area contributed by atoms with Gasteiger partial charge in [-0.1, -0.05) is 31.2 Å². The van der Waals surface area contributed by atoms with E-state index in [2.05, 4.69) is 24.4 Å². The molecule has 2 aliphatic rings. The Morgan fingerprint density at radius 3 is 2.38 bits per heavy atom. The van der Waals surface area contributed by atoms with Gasteiger partial charge in [-0.05, 0) is 41.8 Å². The second-order valence-electron chi connectivity index (χ2n) is 8.57. The summed E-state index contributed by atoms with van der Waals surface area (Å²) in [5, 5.41) is 2.95. The lowest BCUT2D eigenvalue weighted by atomic mass is 10.1. The molecule has 2 aromatic rings. The molecule has 2 aromatic carbocycles. The maximum atomic E-state index is 12.6. The van der Waals surface area contributed by atoms with Crippen LogP contribution in [0.1, 0.15) is 24.5 Å². The molecular weight excluding hydrogens is 434 g/mol. The van der Waals surface area contributed by atoms with Crippen LogP contribution in [0.5, 0.6) is 5.75 Å². The van der Waals surface area contributed by atoms with Crippen molar-refractivity contribution in [3.8, 4) is 5.75 Å². The first-order chi connectivity index (χ1) is 16.5. The second-order valence-corrected chi connectivity index (χ2v) is 8.57. The van der Waals surface area contributed by atoms with Gasteiger partial charge in [0, 0.05) is 38.3 Å². The van der Waals surface area contributed by atoms with Gasteiger partial charge in [-0.3, -0.25) is 14.4 Å². The molecule has 3 amide bonds. The average Bonchev–Trinajstić information content (AvgIpc) is 3.28. The summed E-state index contributed by atoms with van der Waals surface area (Å²) >= 11 is 0. The average molecular weight is 466 g/mol. The van der Waals surface area contributed by atoms with Crippen LogP contribution in [0.15, 0.2) is 48.5 Å². The summed E-state index contributed by atoms with van der Waals surface area (Å²) in [4.78, 5) is 40.8. The summed E-state index contributed by atoms with van der Waals surface area (Å²) in [7, 11) is 0. The Bertz CT molecular complexity index is 1000. The van der Waals surface area contributed by atoms with Gasteiger partial charge >= 0.3 is 0 Å². The highest BCUT2D eigenvalue weighted by atomic mass is 16.5. The molecule has 0 aromatic heterocycles. The number of ether oxygens (including phenoxy) is 2. The number of morpholine rings is 1. The predicted octanol–water partition coefficient (Wildman–Crippen LogP) is 2.16. The third kappa shape index (κ3) is 5.94. The molecule has 0 aliphatic carbocycles. The molecule has 2 fully saturated rings. The standard InChI is InChI=1S/C26H31N3O5/c1-2-19-3-5-20(6-4-19)16-27-26(32)21-15-24(30)29(17-21)22-7-9-23(10-8-22)34-18-25(31)28-11-13-33-14-12-28/h3-10,21H,2,11-18H2,1H3,(H,27,32)/t21-/m1/s1. The van der Waals surface area contributed by atoms with Crippen LogP contribution >= 0.6 is 0 Å². The van der Waals surface area contributed by atoms with Gasteiger partial charge in [0.15, 0.2) is 6.61 Å². The molecule has 0 bridgehead atoms. The van der Waals surface area contributed by atoms with Gasteiger partial charge in [-0.25, -0.2) is 0 Å². The minimum Gasteiger partial charge on any atom is -0.484 e. The predicted molar refractivity (Wildman–Crippen MR) is 127 cm³/mol. The number of nitrogens with zero attached hydrogens (tertiary/aromatic N) is 2. The Labute approximate surface area is 199 Å². The summed E-state index contributed by atoms with van der Waals surface area (Å²) in [5.74, 6) is -0.0947. The maximum Gasteiger partial charge on any atom is 0.260 e. The van der Waals surface area contributed by atoms with Crippen molar-refractivity contribution in [3.05, 3.63) is 59.7 Å². The van der Waals surface area contributed by atoms with E-state index >= 15 is 0 Å². The number of amides is 3. The molecule has 34 heavy (non-hydrogen) atoms. The van der Waals surface area contributed by atoms with E-state index in [1.54, 1.807) is 34.1 Å². The molecule has 0 spiro atoms. The highest BCUT2D eigenvalue weighted by Crippen LogP contribution is 2.27. The van der Waals surface area contributed by atoms with E-state index in [-0.39, 0.29) is 36.7 Å². The van der Waals surface area contributed by atoms with E-state index in [0.717, 1.165) is 12.0 Å². The van der Waals surface area contributed by atoms with Crippen molar-refractivity contribution in [1.82, 2.24) is 10.2 Å². The number of hydrogen-bond donors (Lipinski definition) is 1. The summed E-state index contributed by atoms with van der Waals surface area (Å²) in [6.45, 7) is 5.12. The highest BCUT2D eigenvalue weighted by Gasteiger charge is 2.35. The van der Waals surface area contributed by atoms with E-state index in [1.165, 1.54) is 5.56 Å². The van der Waals surface area contributed by atoms with Crippen LogP contribution in [-0.2, 0) is 32.1 Å². The number of carbonyl (C=O) groups is 3. The van der Waals surface area contributed by atoms with Crippen molar-refractivity contribution in [2.45, 2.75) is 26.3 Å². The topological polar surface area (TPSA) is 88.2 Å². The highest BCUT2D eigenvalue weighted by molar-refractivity contribution is 6.00. The first-order valence-corrected chi connectivity index (χ1v) is 11.8. The lowest BCUT2D eigenvalue weighted by molar-refractivity contribution is -0.137. The Morgan fingerprint density at radius 2 is 1.71 bits per heavy atom. The van der Waals surface area contributed by atoms with Gasteiger partial charge in [0.2, 0.25) is 11.8 Å². The van der Waals surface area contributed by atoms with Gasteiger partial charge < -0.3 is 24.6 Å². The van der Waals surface area contributed by atoms with Crippen molar-refractivity contribution in [2.75, 3.05) is 44.4 Å². The zero-order chi connectivity index (χ0) is 23.9. The molecule has 180 valence electrons. The summed E-state index contributed by atoms with van der Waals surface area (Å²) in [6.07, 6.45) is 1.17. The van der Waals surface area contributed by atoms with Gasteiger partial charge in [-0.15, -0.1) is 0 Å². The first-order valence-electron chi connectivity index (χ1n) is 11.8. The zero-order valence-corrected chi connectivity index (χ0v) is 19.5. The van der Waals surface area contributed by atoms with E-state index in [9.17, 15) is 14.4 Å². The number of nitrogens with one attached hydrogen (secondary N) is 1. The van der Waals surface area contributed by atoms with Crippen LogP contribution < -0.4 is 15.0 Å². The summed E-state index contributed by atoms with van der Waals surface area (Å²) in [6, 6.07) is 15.2. The molecule has 8 nitrogen and oxygen atoms in total. The molecule has 0 saturated carbocycles. The molecule has 2 aliphatic heterocycles. The van der Waals surface area contributed by atoms with Crippen LogP contribution in [0.2, 0.25) is 0 Å². The number of benzene rings is 2. The Kier molecular flexibility index (Phi) is 7.80. The quantitative estimate of drug-likeness (QED) is 0.646. The van der Waals surface area contributed by atoms with Gasteiger partial charge in [0.05, 0.1) is 19.1 Å². The number of anilines is 1. The molecule has 8 heteroatoms.